The molecule has 3 aliphatic rings. The molecule has 2 aromatic heterocycles. The van der Waals surface area contributed by atoms with Crippen molar-refractivity contribution in [3.63, 3.8) is 0 Å². The van der Waals surface area contributed by atoms with Crippen molar-refractivity contribution >= 4 is 41.0 Å². The van der Waals surface area contributed by atoms with E-state index in [2.05, 4.69) is 58.5 Å². The third kappa shape index (κ3) is 10.0. The standard InChI is InChI=1S/C48H61N7O8/c1-7-54-41-11-10-32-21-36(41)37(43(54)38-24-49-14-12-33(38)26-62-6)22-48(4,5)27-63-47(61)39-9-8-15-55(52-39)46(60)40(19-31-17-34(32)20-35(57)18-31)51-45(59)42(29(2)3)44(58)50-23-30-13-16-53(25-30)28-56/h10-12,14,17-18,20-21,24,28-30,39-40,42,52,57H,7-9,13,15-16,19,22-23,25-27H2,1-6H3,(H,50,58)(H,51,59)/t30-,39-,40-,42-/m0/s1. The number of pyridine rings is 1. The Morgan fingerprint density at radius 2 is 1.89 bits per heavy atom. The summed E-state index contributed by atoms with van der Waals surface area (Å²) in [6.45, 7) is 12.7. The van der Waals surface area contributed by atoms with Crippen molar-refractivity contribution in [1.82, 2.24) is 35.5 Å². The molecule has 15 nitrogen and oxygen atoms in total. The molecule has 6 bridgehead atoms. The fourth-order valence-electron chi connectivity index (χ4n) is 9.40. The van der Waals surface area contributed by atoms with Crippen LogP contribution in [0.25, 0.3) is 33.3 Å². The Morgan fingerprint density at radius 3 is 2.62 bits per heavy atom. The number of methoxy groups -OCH3 is 1. The number of cyclic esters (lactones) is 1. The highest BCUT2D eigenvalue weighted by Crippen LogP contribution is 2.41. The van der Waals surface area contributed by atoms with Gasteiger partial charge in [0.15, 0.2) is 0 Å². The fourth-order valence-corrected chi connectivity index (χ4v) is 9.40. The predicted molar refractivity (Wildman–Crippen MR) is 238 cm³/mol. The van der Waals surface area contributed by atoms with E-state index in [-0.39, 0.29) is 31.2 Å². The number of aromatic nitrogens is 2. The van der Waals surface area contributed by atoms with Crippen LogP contribution >= 0.6 is 0 Å². The minimum absolute atomic E-state index is 0.0133. The van der Waals surface area contributed by atoms with E-state index in [1.165, 1.54) is 5.01 Å². The summed E-state index contributed by atoms with van der Waals surface area (Å²) < 4.78 is 14.0. The predicted octanol–water partition coefficient (Wildman–Crippen LogP) is 4.76. The Bertz CT molecular complexity index is 2360. The summed E-state index contributed by atoms with van der Waals surface area (Å²) in [4.78, 5) is 73.7. The van der Waals surface area contributed by atoms with E-state index in [0.717, 1.165) is 51.7 Å². The number of nitrogens with one attached hydrogen (secondary N) is 3. The SMILES string of the molecule is CCn1c(-c2cnccc2COC)c2c3cc(ccc31)-c1cc(O)cc(c1)C[C@H](NC(=O)[C@H](C(=O)NC[C@@H]1CCN(C=O)C1)C(C)C)C(=O)N1CCC[C@H](N1)C(=O)OCC(C)(C)C2. The van der Waals surface area contributed by atoms with Gasteiger partial charge in [-0.2, -0.15) is 0 Å². The van der Waals surface area contributed by atoms with Gasteiger partial charge in [0.1, 0.15) is 23.8 Å². The Labute approximate surface area is 368 Å². The quantitative estimate of drug-likeness (QED) is 0.0932. The minimum Gasteiger partial charge on any atom is -0.508 e. The zero-order valence-electron chi connectivity index (χ0n) is 37.2. The van der Waals surface area contributed by atoms with Crippen LogP contribution in [0.5, 0.6) is 5.75 Å². The lowest BCUT2D eigenvalue weighted by molar-refractivity contribution is -0.156. The molecule has 5 heterocycles. The largest absolute Gasteiger partial charge is 0.508 e. The van der Waals surface area contributed by atoms with Gasteiger partial charge in [-0.05, 0) is 103 Å². The van der Waals surface area contributed by atoms with Gasteiger partial charge in [0.25, 0.3) is 5.91 Å². The van der Waals surface area contributed by atoms with Crippen molar-refractivity contribution in [3.05, 3.63) is 71.5 Å². The van der Waals surface area contributed by atoms with Crippen molar-refractivity contribution in [2.75, 3.05) is 39.9 Å². The molecule has 336 valence electrons. The summed E-state index contributed by atoms with van der Waals surface area (Å²) in [7, 11) is 1.67. The molecule has 4 amide bonds. The lowest BCUT2D eigenvalue weighted by Gasteiger charge is -2.36. The second-order valence-electron chi connectivity index (χ2n) is 18.4. The summed E-state index contributed by atoms with van der Waals surface area (Å²) in [5.74, 6) is -3.52. The number of rotatable bonds is 11. The number of fused-ring (bicyclic) bond motifs is 6. The van der Waals surface area contributed by atoms with Crippen LogP contribution < -0.4 is 16.1 Å². The Hall–Kier alpha value is -5.80. The van der Waals surface area contributed by atoms with Gasteiger partial charge in [-0.3, -0.25) is 34.0 Å². The van der Waals surface area contributed by atoms with Crippen LogP contribution in [0.15, 0.2) is 54.9 Å². The van der Waals surface area contributed by atoms with E-state index in [1.807, 2.05) is 24.4 Å². The molecule has 3 aliphatic heterocycles. The van der Waals surface area contributed by atoms with Crippen LogP contribution in [-0.4, -0.2) is 107 Å². The van der Waals surface area contributed by atoms with E-state index in [0.29, 0.717) is 63.2 Å². The average molecular weight is 864 g/mol. The van der Waals surface area contributed by atoms with Crippen LogP contribution in [0.1, 0.15) is 70.6 Å². The molecule has 0 unspecified atom stereocenters. The maximum Gasteiger partial charge on any atom is 0.324 e. The zero-order valence-corrected chi connectivity index (χ0v) is 37.2. The smallest absolute Gasteiger partial charge is 0.324 e. The van der Waals surface area contributed by atoms with Crippen LogP contribution in [0.4, 0.5) is 0 Å². The Kier molecular flexibility index (Phi) is 13.9. The fraction of sp³-hybridized carbons (Fsp3) is 0.500. The molecule has 63 heavy (non-hydrogen) atoms. The van der Waals surface area contributed by atoms with Crippen LogP contribution in [-0.2, 0) is 59.4 Å². The molecule has 15 heteroatoms. The molecule has 7 rings (SSSR count). The monoisotopic (exact) mass is 863 g/mol. The van der Waals surface area contributed by atoms with Crippen LogP contribution in [0, 0.1) is 23.2 Å². The number of hydrogen-bond acceptors (Lipinski definition) is 10. The van der Waals surface area contributed by atoms with Gasteiger partial charge in [-0.1, -0.05) is 39.8 Å². The molecule has 2 aromatic carbocycles. The number of carbonyl (C=O) groups is 5. The highest BCUT2D eigenvalue weighted by atomic mass is 16.5. The third-order valence-corrected chi connectivity index (χ3v) is 12.6. The lowest BCUT2D eigenvalue weighted by Crippen LogP contribution is -2.61. The van der Waals surface area contributed by atoms with Gasteiger partial charge in [0, 0.05) is 80.5 Å². The Balaban J connectivity index is 1.29. The van der Waals surface area contributed by atoms with Gasteiger partial charge in [0.05, 0.1) is 18.9 Å². The summed E-state index contributed by atoms with van der Waals surface area (Å²) in [5.41, 5.74) is 9.71. The number of esters is 1. The zero-order chi connectivity index (χ0) is 45.0. The molecule has 0 radical (unpaired) electrons. The number of nitrogens with zero attached hydrogens (tertiary/aromatic N) is 4. The number of likely N-dealkylation sites (tertiary alicyclic amines) is 1. The normalized spacial score (nSPS) is 20.9. The first-order valence-electron chi connectivity index (χ1n) is 22.1. The van der Waals surface area contributed by atoms with Gasteiger partial charge in [-0.25, -0.2) is 5.43 Å². The summed E-state index contributed by atoms with van der Waals surface area (Å²) in [5, 5.41) is 19.4. The molecule has 2 saturated heterocycles. The van der Waals surface area contributed by atoms with E-state index in [1.54, 1.807) is 44.2 Å². The summed E-state index contributed by atoms with van der Waals surface area (Å²) in [6, 6.07) is 11.4. The highest BCUT2D eigenvalue weighted by molar-refractivity contribution is 6.02. The van der Waals surface area contributed by atoms with Crippen molar-refractivity contribution in [2.45, 2.75) is 92.0 Å². The van der Waals surface area contributed by atoms with E-state index < -0.39 is 53.0 Å². The molecule has 4 N–H and O–H groups in total. The highest BCUT2D eigenvalue weighted by Gasteiger charge is 2.38. The van der Waals surface area contributed by atoms with Crippen LogP contribution in [0.2, 0.25) is 0 Å². The molecular formula is C48H61N7O8. The molecular weight excluding hydrogens is 803 g/mol. The van der Waals surface area contributed by atoms with Gasteiger partial charge in [0.2, 0.25) is 18.2 Å². The molecule has 2 fully saturated rings. The van der Waals surface area contributed by atoms with Crippen LogP contribution in [0.3, 0.4) is 0 Å². The summed E-state index contributed by atoms with van der Waals surface area (Å²) >= 11 is 0. The van der Waals surface area contributed by atoms with Crippen molar-refractivity contribution < 1.29 is 38.6 Å². The minimum atomic E-state index is -1.17. The molecule has 0 aliphatic carbocycles. The number of amides is 4. The molecule has 0 saturated carbocycles. The first-order chi connectivity index (χ1) is 30.2. The van der Waals surface area contributed by atoms with Gasteiger partial charge >= 0.3 is 5.97 Å². The number of phenols is 1. The van der Waals surface area contributed by atoms with E-state index in [4.69, 9.17) is 9.47 Å². The third-order valence-electron chi connectivity index (χ3n) is 12.6. The number of hydrazine groups is 1. The number of hydrogen-bond donors (Lipinski definition) is 4. The number of carbonyl (C=O) groups excluding carboxylic acids is 5. The van der Waals surface area contributed by atoms with Gasteiger partial charge in [-0.15, -0.1) is 0 Å². The summed E-state index contributed by atoms with van der Waals surface area (Å²) in [6.07, 6.45) is 6.67. The maximum atomic E-state index is 14.6. The second-order valence-corrected chi connectivity index (χ2v) is 18.4. The molecule has 0 spiro atoms. The molecule has 4 atom stereocenters. The average Bonchev–Trinajstić information content (AvgIpc) is 3.85. The number of ether oxygens (including phenoxy) is 2. The van der Waals surface area contributed by atoms with Crippen molar-refractivity contribution in [3.8, 4) is 28.1 Å². The number of benzene rings is 2. The van der Waals surface area contributed by atoms with Crippen molar-refractivity contribution in [2.24, 2.45) is 23.2 Å². The number of aryl methyl sites for hydroxylation is 1. The second kappa shape index (κ2) is 19.3. The maximum absolute atomic E-state index is 14.6. The van der Waals surface area contributed by atoms with E-state index >= 15 is 0 Å². The number of aromatic hydroxyl groups is 1. The van der Waals surface area contributed by atoms with Crippen molar-refractivity contribution in [1.29, 1.82) is 0 Å². The van der Waals surface area contributed by atoms with E-state index in [9.17, 15) is 29.1 Å². The van der Waals surface area contributed by atoms with Gasteiger partial charge < -0.3 is 34.7 Å². The first kappa shape index (κ1) is 45.2. The molecule has 4 aromatic rings. The lowest BCUT2D eigenvalue weighted by atomic mass is 9.84. The first-order valence-corrected chi connectivity index (χ1v) is 22.1. The topological polar surface area (TPSA) is 184 Å². The number of phenolic OH excluding ortho intramolecular Hbond substituents is 1. The Morgan fingerprint density at radius 1 is 1.08 bits per heavy atom.